The Morgan fingerprint density at radius 2 is 1.59 bits per heavy atom. The van der Waals surface area contributed by atoms with E-state index in [-0.39, 0.29) is 29.8 Å². The molecule has 0 bridgehead atoms. The van der Waals surface area contributed by atoms with Gasteiger partial charge in [0.1, 0.15) is 16.5 Å². The molecule has 0 unspecified atom stereocenters. The van der Waals surface area contributed by atoms with Gasteiger partial charge in [-0.1, -0.05) is 61.3 Å². The summed E-state index contributed by atoms with van der Waals surface area (Å²) in [6.45, 7) is 12.8. The average Bonchev–Trinajstić information content (AvgIpc) is 3.64. The Hall–Kier alpha value is -2.52. The molecule has 234 valence electrons. The highest BCUT2D eigenvalue weighted by molar-refractivity contribution is 8.18. The fourth-order valence-corrected chi connectivity index (χ4v) is 8.81. The lowest BCUT2D eigenvalue weighted by Crippen LogP contribution is -2.57. The third-order valence-electron chi connectivity index (χ3n) is 9.83. The number of likely N-dealkylation sites (N-methyl/N-ethyl adjacent to an activating group) is 1. The summed E-state index contributed by atoms with van der Waals surface area (Å²) in [7, 11) is 2.10. The van der Waals surface area contributed by atoms with E-state index >= 15 is 0 Å². The van der Waals surface area contributed by atoms with Gasteiger partial charge in [0.2, 0.25) is 5.91 Å². The molecule has 10 heteroatoms. The number of halogens is 2. The Bertz CT molecular complexity index is 1510. The van der Waals surface area contributed by atoms with Gasteiger partial charge in [-0.15, -0.1) is 0 Å². The predicted molar refractivity (Wildman–Crippen MR) is 180 cm³/mol. The molecule has 7 nitrogen and oxygen atoms in total. The number of aliphatic imine (C=N–C) groups is 1. The molecule has 4 aliphatic heterocycles. The molecule has 2 fully saturated rings. The van der Waals surface area contributed by atoms with Crippen LogP contribution < -0.4 is 0 Å². The van der Waals surface area contributed by atoms with Gasteiger partial charge in [-0.2, -0.15) is 0 Å². The number of fused-ring (bicyclic) bond motifs is 1. The Morgan fingerprint density at radius 1 is 0.955 bits per heavy atom. The van der Waals surface area contributed by atoms with Gasteiger partial charge >= 0.3 is 0 Å². The van der Waals surface area contributed by atoms with Gasteiger partial charge in [0.25, 0.3) is 5.91 Å². The second-order valence-corrected chi connectivity index (χ2v) is 15.0. The first-order valence-corrected chi connectivity index (χ1v) is 17.1. The van der Waals surface area contributed by atoms with E-state index in [0.29, 0.717) is 40.5 Å². The summed E-state index contributed by atoms with van der Waals surface area (Å²) in [6, 6.07) is 15.4. The molecule has 2 aromatic carbocycles. The van der Waals surface area contributed by atoms with Gasteiger partial charge in [0.05, 0.1) is 6.04 Å². The standard InChI is InChI=1S/C34H41Cl2N5O2S/c1-20(2)28-29(32(43)40-21(3)7-16-27(40)31(42)39-18-17-38(6)22(4)19-39)44-33-37-34(5,24-10-14-26(36)15-11-24)30(41(28)33)23-8-12-25(35)13-9-23/h8-15,20-22,27,30H,7,16-19H2,1-6H3/t21-,22+,27+,30-,34+/m1/s1. The molecule has 4 heterocycles. The lowest BCUT2D eigenvalue weighted by Gasteiger charge is -2.40. The van der Waals surface area contributed by atoms with Gasteiger partial charge in [-0.25, -0.2) is 4.99 Å². The number of hydrogen-bond acceptors (Lipinski definition) is 6. The van der Waals surface area contributed by atoms with Gasteiger partial charge in [-0.05, 0) is 93.7 Å². The van der Waals surface area contributed by atoms with Crippen molar-refractivity contribution in [2.24, 2.45) is 10.9 Å². The van der Waals surface area contributed by atoms with Gasteiger partial charge < -0.3 is 19.6 Å². The van der Waals surface area contributed by atoms with Crippen LogP contribution in [0, 0.1) is 5.92 Å². The highest BCUT2D eigenvalue weighted by Gasteiger charge is 2.54. The molecule has 0 N–H and O–H groups in total. The molecule has 2 amide bonds. The second kappa shape index (κ2) is 12.0. The quantitative estimate of drug-likeness (QED) is 0.356. The average molecular weight is 655 g/mol. The number of piperazine rings is 1. The maximum Gasteiger partial charge on any atom is 0.263 e. The SMILES string of the molecule is CC(C)C1=C(C(=O)N2[C@H](C)CC[C@H]2C(=O)N2CCN(C)[C@@H](C)C2)SC2=N[C@@](C)(c3ccc(Cl)cc3)[C@@H](c3ccc(Cl)cc3)N21. The monoisotopic (exact) mass is 653 g/mol. The van der Waals surface area contributed by atoms with Crippen molar-refractivity contribution in [2.45, 2.75) is 77.2 Å². The Labute approximate surface area is 275 Å². The van der Waals surface area contributed by atoms with Crippen LogP contribution in [-0.4, -0.2) is 81.4 Å². The Balaban J connectivity index is 1.38. The number of benzene rings is 2. The molecule has 4 aliphatic rings. The minimum absolute atomic E-state index is 0.0216. The molecule has 2 aromatic rings. The van der Waals surface area contributed by atoms with E-state index in [9.17, 15) is 9.59 Å². The van der Waals surface area contributed by atoms with Gasteiger partial charge in [-0.3, -0.25) is 9.59 Å². The van der Waals surface area contributed by atoms with Crippen LogP contribution in [0.4, 0.5) is 0 Å². The van der Waals surface area contributed by atoms with E-state index in [2.05, 4.69) is 63.6 Å². The van der Waals surface area contributed by atoms with Crippen molar-refractivity contribution in [2.75, 3.05) is 26.7 Å². The number of rotatable bonds is 5. The van der Waals surface area contributed by atoms with Gasteiger partial charge in [0, 0.05) is 47.5 Å². The number of amidine groups is 1. The van der Waals surface area contributed by atoms with Crippen LogP contribution in [0.3, 0.4) is 0 Å². The van der Waals surface area contributed by atoms with E-state index in [0.717, 1.165) is 35.0 Å². The van der Waals surface area contributed by atoms with Crippen LogP contribution in [0.2, 0.25) is 10.0 Å². The smallest absolute Gasteiger partial charge is 0.263 e. The van der Waals surface area contributed by atoms with Crippen LogP contribution in [0.25, 0.3) is 0 Å². The number of likely N-dealkylation sites (tertiary alicyclic amines) is 1. The number of allylic oxidation sites excluding steroid dienone is 1. The maximum atomic E-state index is 14.6. The molecule has 0 saturated carbocycles. The van der Waals surface area contributed by atoms with Crippen molar-refractivity contribution < 1.29 is 9.59 Å². The number of hydrogen-bond donors (Lipinski definition) is 0. The van der Waals surface area contributed by atoms with Gasteiger partial charge in [0.15, 0.2) is 5.17 Å². The third-order valence-corrected chi connectivity index (χ3v) is 11.4. The van der Waals surface area contributed by atoms with Crippen LogP contribution >= 0.6 is 35.0 Å². The van der Waals surface area contributed by atoms with Crippen molar-refractivity contribution >= 4 is 51.9 Å². The lowest BCUT2D eigenvalue weighted by atomic mass is 9.81. The molecule has 6 rings (SSSR count). The number of carbonyl (C=O) groups excluding carboxylic acids is 2. The number of nitrogens with zero attached hydrogens (tertiary/aromatic N) is 5. The summed E-state index contributed by atoms with van der Waals surface area (Å²) in [5, 5.41) is 2.14. The lowest BCUT2D eigenvalue weighted by molar-refractivity contribution is -0.144. The van der Waals surface area contributed by atoms with Crippen molar-refractivity contribution in [1.82, 2.24) is 19.6 Å². The van der Waals surface area contributed by atoms with Crippen molar-refractivity contribution in [1.29, 1.82) is 0 Å². The summed E-state index contributed by atoms with van der Waals surface area (Å²) < 4.78 is 0. The van der Waals surface area contributed by atoms with Crippen LogP contribution in [0.5, 0.6) is 0 Å². The van der Waals surface area contributed by atoms with E-state index in [1.165, 1.54) is 11.8 Å². The molecule has 2 saturated heterocycles. The Kier molecular flexibility index (Phi) is 8.59. The fourth-order valence-electron chi connectivity index (χ4n) is 7.21. The van der Waals surface area contributed by atoms with E-state index in [4.69, 9.17) is 28.2 Å². The zero-order chi connectivity index (χ0) is 31.5. The molecule has 5 atom stereocenters. The van der Waals surface area contributed by atoms with Crippen molar-refractivity contribution in [3.8, 4) is 0 Å². The Morgan fingerprint density at radius 3 is 2.20 bits per heavy atom. The first kappa shape index (κ1) is 31.5. The summed E-state index contributed by atoms with van der Waals surface area (Å²) >= 11 is 14.0. The molecular formula is C34H41Cl2N5O2S. The number of carbonyl (C=O) groups is 2. The minimum atomic E-state index is -0.632. The van der Waals surface area contributed by atoms with Crippen LogP contribution in [-0.2, 0) is 15.1 Å². The maximum absolute atomic E-state index is 14.6. The minimum Gasteiger partial charge on any atom is -0.338 e. The molecule has 0 spiro atoms. The first-order chi connectivity index (χ1) is 20.9. The highest BCUT2D eigenvalue weighted by atomic mass is 35.5. The summed E-state index contributed by atoms with van der Waals surface area (Å²) in [5.41, 5.74) is 2.42. The summed E-state index contributed by atoms with van der Waals surface area (Å²) in [6.07, 6.45) is 1.50. The first-order valence-electron chi connectivity index (χ1n) is 15.5. The fraction of sp³-hybridized carbons (Fsp3) is 0.500. The molecule has 0 aromatic heterocycles. The second-order valence-electron chi connectivity index (χ2n) is 13.1. The molecule has 44 heavy (non-hydrogen) atoms. The summed E-state index contributed by atoms with van der Waals surface area (Å²) in [5.74, 6) is 0.0518. The number of thioether (sulfide) groups is 1. The van der Waals surface area contributed by atoms with Crippen molar-refractivity contribution in [3.63, 3.8) is 0 Å². The molecule has 0 aliphatic carbocycles. The normalized spacial score (nSPS) is 29.1. The summed E-state index contributed by atoms with van der Waals surface area (Å²) in [4.78, 5) is 42.9. The van der Waals surface area contributed by atoms with E-state index < -0.39 is 11.6 Å². The van der Waals surface area contributed by atoms with Crippen LogP contribution in [0.15, 0.2) is 64.1 Å². The van der Waals surface area contributed by atoms with E-state index in [1.54, 1.807) is 0 Å². The van der Waals surface area contributed by atoms with E-state index in [1.807, 2.05) is 46.2 Å². The highest BCUT2D eigenvalue weighted by Crippen LogP contribution is 2.56. The third kappa shape index (κ3) is 5.36. The largest absolute Gasteiger partial charge is 0.338 e. The number of amides is 2. The van der Waals surface area contributed by atoms with Crippen LogP contribution in [0.1, 0.15) is 64.6 Å². The molecular weight excluding hydrogens is 613 g/mol. The predicted octanol–water partition coefficient (Wildman–Crippen LogP) is 6.78. The van der Waals surface area contributed by atoms with Crippen molar-refractivity contribution in [3.05, 3.63) is 80.3 Å². The molecule has 0 radical (unpaired) electrons. The topological polar surface area (TPSA) is 59.5 Å². The zero-order valence-electron chi connectivity index (χ0n) is 26.3. The zero-order valence-corrected chi connectivity index (χ0v) is 28.6.